The van der Waals surface area contributed by atoms with Crippen LogP contribution in [0.1, 0.15) is 27.4 Å². The number of amides is 1. The monoisotopic (exact) mass is 394 g/mol. The van der Waals surface area contributed by atoms with E-state index in [-0.39, 0.29) is 24.9 Å². The lowest BCUT2D eigenvalue weighted by Gasteiger charge is -2.22. The molecule has 0 atom stereocenters. The Kier molecular flexibility index (Phi) is 4.90. The molecule has 4 rings (SSSR count). The van der Waals surface area contributed by atoms with E-state index < -0.39 is 4.92 Å². The van der Waals surface area contributed by atoms with Crippen molar-refractivity contribution in [1.29, 1.82) is 0 Å². The van der Waals surface area contributed by atoms with E-state index in [1.54, 1.807) is 4.90 Å². The van der Waals surface area contributed by atoms with Gasteiger partial charge in [0.25, 0.3) is 11.6 Å². The average molecular weight is 394 g/mol. The zero-order valence-electron chi connectivity index (χ0n) is 15.7. The Morgan fingerprint density at radius 1 is 1.03 bits per heavy atom. The van der Waals surface area contributed by atoms with Gasteiger partial charge in [0.1, 0.15) is 11.5 Å². The third-order valence-electron chi connectivity index (χ3n) is 4.57. The van der Waals surface area contributed by atoms with Gasteiger partial charge in [-0.05, 0) is 48.9 Å². The summed E-state index contributed by atoms with van der Waals surface area (Å²) in [5.41, 5.74) is 1.16. The van der Waals surface area contributed by atoms with Crippen molar-refractivity contribution in [1.82, 2.24) is 4.90 Å². The van der Waals surface area contributed by atoms with Gasteiger partial charge in [-0.2, -0.15) is 0 Å². The van der Waals surface area contributed by atoms with Crippen molar-refractivity contribution < 1.29 is 23.6 Å². The molecule has 0 saturated heterocycles. The van der Waals surface area contributed by atoms with Gasteiger partial charge in [-0.3, -0.25) is 14.9 Å². The summed E-state index contributed by atoms with van der Waals surface area (Å²) in [5, 5.41) is 10.9. The van der Waals surface area contributed by atoms with Gasteiger partial charge in [0.2, 0.25) is 6.79 Å². The SMILES string of the molecule is Cc1ccc(CN(Cc2ccc3c(c2)OCO3)C(=O)c2ccc([N+](=O)[O-])cc2)o1. The van der Waals surface area contributed by atoms with Crippen LogP contribution in [0.3, 0.4) is 0 Å². The van der Waals surface area contributed by atoms with Gasteiger partial charge < -0.3 is 18.8 Å². The van der Waals surface area contributed by atoms with Gasteiger partial charge in [-0.25, -0.2) is 0 Å². The van der Waals surface area contributed by atoms with E-state index in [9.17, 15) is 14.9 Å². The topological polar surface area (TPSA) is 95.0 Å². The molecule has 1 aromatic heterocycles. The van der Waals surface area contributed by atoms with Crippen LogP contribution in [0.4, 0.5) is 5.69 Å². The van der Waals surface area contributed by atoms with Crippen LogP contribution in [0, 0.1) is 17.0 Å². The summed E-state index contributed by atoms with van der Waals surface area (Å²) >= 11 is 0. The Hall–Kier alpha value is -3.81. The zero-order valence-corrected chi connectivity index (χ0v) is 15.7. The molecule has 2 aromatic carbocycles. The number of non-ortho nitro benzene ring substituents is 1. The van der Waals surface area contributed by atoms with Crippen molar-refractivity contribution in [2.75, 3.05) is 6.79 Å². The highest BCUT2D eigenvalue weighted by atomic mass is 16.7. The zero-order chi connectivity index (χ0) is 20.4. The average Bonchev–Trinajstić information content (AvgIpc) is 3.35. The minimum atomic E-state index is -0.496. The van der Waals surface area contributed by atoms with E-state index in [1.807, 2.05) is 37.3 Å². The van der Waals surface area contributed by atoms with Gasteiger partial charge in [0, 0.05) is 24.2 Å². The quantitative estimate of drug-likeness (QED) is 0.462. The maximum absolute atomic E-state index is 13.1. The first-order valence-corrected chi connectivity index (χ1v) is 8.97. The Balaban J connectivity index is 1.60. The fourth-order valence-electron chi connectivity index (χ4n) is 3.13. The van der Waals surface area contributed by atoms with Crippen molar-refractivity contribution in [3.63, 3.8) is 0 Å². The molecule has 148 valence electrons. The smallest absolute Gasteiger partial charge is 0.269 e. The molecule has 1 aliphatic rings. The van der Waals surface area contributed by atoms with Gasteiger partial charge >= 0.3 is 0 Å². The van der Waals surface area contributed by atoms with Crippen molar-refractivity contribution in [3.05, 3.63) is 87.4 Å². The Labute approximate surface area is 166 Å². The summed E-state index contributed by atoms with van der Waals surface area (Å²) in [6.45, 7) is 2.59. The molecular weight excluding hydrogens is 376 g/mol. The third-order valence-corrected chi connectivity index (χ3v) is 4.57. The van der Waals surface area contributed by atoms with Gasteiger partial charge in [-0.1, -0.05) is 6.07 Å². The summed E-state index contributed by atoms with van der Waals surface area (Å²) in [6, 6.07) is 14.7. The molecule has 0 N–H and O–H groups in total. The lowest BCUT2D eigenvalue weighted by atomic mass is 10.1. The normalized spacial score (nSPS) is 12.0. The first-order valence-electron chi connectivity index (χ1n) is 8.97. The van der Waals surface area contributed by atoms with Crippen LogP contribution in [0.5, 0.6) is 11.5 Å². The Bertz CT molecular complexity index is 1060. The second kappa shape index (κ2) is 7.67. The van der Waals surface area contributed by atoms with Crippen LogP contribution >= 0.6 is 0 Å². The largest absolute Gasteiger partial charge is 0.464 e. The number of hydrogen-bond donors (Lipinski definition) is 0. The number of aryl methyl sites for hydroxylation is 1. The van der Waals surface area contributed by atoms with Gasteiger partial charge in [0.05, 0.1) is 11.5 Å². The summed E-state index contributed by atoms with van der Waals surface area (Å²) in [6.07, 6.45) is 0. The van der Waals surface area contributed by atoms with Crippen LogP contribution < -0.4 is 9.47 Å². The van der Waals surface area contributed by atoms with E-state index in [0.717, 1.165) is 11.3 Å². The van der Waals surface area contributed by atoms with E-state index in [1.165, 1.54) is 24.3 Å². The second-order valence-electron chi connectivity index (χ2n) is 6.67. The lowest BCUT2D eigenvalue weighted by molar-refractivity contribution is -0.384. The number of benzene rings is 2. The van der Waals surface area contributed by atoms with Crippen LogP contribution in [0.15, 0.2) is 59.0 Å². The van der Waals surface area contributed by atoms with Crippen LogP contribution in [-0.2, 0) is 13.1 Å². The minimum Gasteiger partial charge on any atom is -0.464 e. The highest BCUT2D eigenvalue weighted by Crippen LogP contribution is 2.33. The number of furan rings is 1. The Morgan fingerprint density at radius 2 is 1.79 bits per heavy atom. The Morgan fingerprint density at radius 3 is 2.48 bits per heavy atom. The van der Waals surface area contributed by atoms with Crippen molar-refractivity contribution in [2.24, 2.45) is 0 Å². The molecule has 8 heteroatoms. The number of nitrogens with zero attached hydrogens (tertiary/aromatic N) is 2. The predicted octanol–water partition coefficient (Wildman–Crippen LogP) is 4.07. The summed E-state index contributed by atoms with van der Waals surface area (Å²) in [7, 11) is 0. The van der Waals surface area contributed by atoms with Gasteiger partial charge in [0.15, 0.2) is 11.5 Å². The summed E-state index contributed by atoms with van der Waals surface area (Å²) in [4.78, 5) is 25.1. The van der Waals surface area contributed by atoms with E-state index >= 15 is 0 Å². The molecule has 29 heavy (non-hydrogen) atoms. The van der Waals surface area contributed by atoms with Crippen LogP contribution in [0.25, 0.3) is 0 Å². The van der Waals surface area contributed by atoms with Crippen molar-refractivity contribution in [3.8, 4) is 11.5 Å². The standard InChI is InChI=1S/C21H18N2O6/c1-14-2-8-18(29-14)12-22(11-15-3-9-19-20(10-15)28-13-27-19)21(24)16-4-6-17(7-5-16)23(25)26/h2-10H,11-13H2,1H3. The number of rotatable bonds is 6. The number of hydrogen-bond acceptors (Lipinski definition) is 6. The van der Waals surface area contributed by atoms with Gasteiger partial charge in [-0.15, -0.1) is 0 Å². The van der Waals surface area contributed by atoms with E-state index in [4.69, 9.17) is 13.9 Å². The number of ether oxygens (including phenoxy) is 2. The lowest BCUT2D eigenvalue weighted by Crippen LogP contribution is -2.30. The fraction of sp³-hybridized carbons (Fsp3) is 0.190. The molecule has 0 saturated carbocycles. The molecule has 8 nitrogen and oxygen atoms in total. The molecule has 0 aliphatic carbocycles. The highest BCUT2D eigenvalue weighted by Gasteiger charge is 2.21. The fourth-order valence-corrected chi connectivity index (χ4v) is 3.13. The molecule has 0 radical (unpaired) electrons. The first kappa shape index (κ1) is 18.5. The molecule has 2 heterocycles. The summed E-state index contributed by atoms with van der Waals surface area (Å²) in [5.74, 6) is 2.46. The highest BCUT2D eigenvalue weighted by molar-refractivity contribution is 5.94. The van der Waals surface area contributed by atoms with Crippen LogP contribution in [-0.4, -0.2) is 22.5 Å². The van der Waals surface area contributed by atoms with E-state index in [2.05, 4.69) is 0 Å². The number of fused-ring (bicyclic) bond motifs is 1. The predicted molar refractivity (Wildman–Crippen MR) is 103 cm³/mol. The second-order valence-corrected chi connectivity index (χ2v) is 6.67. The number of nitro groups is 1. The molecule has 0 spiro atoms. The number of carbonyl (C=O) groups excluding carboxylic acids is 1. The summed E-state index contributed by atoms with van der Waals surface area (Å²) < 4.78 is 16.4. The maximum Gasteiger partial charge on any atom is 0.269 e. The first-order chi connectivity index (χ1) is 14.0. The minimum absolute atomic E-state index is 0.0643. The van der Waals surface area contributed by atoms with Crippen molar-refractivity contribution in [2.45, 2.75) is 20.0 Å². The molecular formula is C21H18N2O6. The number of carbonyl (C=O) groups is 1. The molecule has 0 unspecified atom stereocenters. The molecule has 0 fully saturated rings. The van der Waals surface area contributed by atoms with E-state index in [0.29, 0.717) is 29.4 Å². The molecule has 0 bridgehead atoms. The molecule has 1 aliphatic heterocycles. The maximum atomic E-state index is 13.1. The molecule has 3 aromatic rings. The molecule has 1 amide bonds. The number of nitro benzene ring substituents is 1. The van der Waals surface area contributed by atoms with Crippen molar-refractivity contribution >= 4 is 11.6 Å². The third kappa shape index (κ3) is 4.06. The van der Waals surface area contributed by atoms with Crippen LogP contribution in [0.2, 0.25) is 0 Å².